The average Bonchev–Trinajstić information content (AvgIpc) is 3.28. The largest absolute Gasteiger partial charge is 0.480 e. The van der Waals surface area contributed by atoms with Gasteiger partial charge in [0.05, 0.1) is 10.6 Å². The third kappa shape index (κ3) is 3.16. The molecule has 3 aromatic rings. The lowest BCUT2D eigenvalue weighted by Gasteiger charge is -2.05. The molecule has 0 amide bonds. The SMILES string of the molecule is O=[N+]([O-])c1ccc(F)cc1OCc1csc(-c2ccc3c(c2)OCO3)n1. The molecule has 0 bridgehead atoms. The first-order valence-electron chi connectivity index (χ1n) is 7.51. The predicted molar refractivity (Wildman–Crippen MR) is 91.1 cm³/mol. The van der Waals surface area contributed by atoms with Crippen LogP contribution in [-0.4, -0.2) is 16.7 Å². The van der Waals surface area contributed by atoms with Crippen molar-refractivity contribution in [1.29, 1.82) is 0 Å². The molecule has 2 aromatic carbocycles. The Morgan fingerprint density at radius 3 is 2.92 bits per heavy atom. The Morgan fingerprint density at radius 1 is 1.23 bits per heavy atom. The van der Waals surface area contributed by atoms with E-state index in [-0.39, 0.29) is 24.8 Å². The van der Waals surface area contributed by atoms with Crippen molar-refractivity contribution in [3.63, 3.8) is 0 Å². The average molecular weight is 374 g/mol. The molecular formula is C17H11FN2O5S. The summed E-state index contributed by atoms with van der Waals surface area (Å²) < 4.78 is 29.4. The number of aromatic nitrogens is 1. The number of hydrogen-bond donors (Lipinski definition) is 0. The number of halogens is 1. The maximum Gasteiger partial charge on any atom is 0.311 e. The molecule has 0 saturated heterocycles. The monoisotopic (exact) mass is 374 g/mol. The maximum absolute atomic E-state index is 13.3. The number of hydrogen-bond acceptors (Lipinski definition) is 7. The van der Waals surface area contributed by atoms with Gasteiger partial charge in [-0.3, -0.25) is 10.1 Å². The van der Waals surface area contributed by atoms with E-state index in [2.05, 4.69) is 4.98 Å². The molecule has 0 spiro atoms. The summed E-state index contributed by atoms with van der Waals surface area (Å²) in [5.74, 6) is 0.607. The van der Waals surface area contributed by atoms with Crippen LogP contribution in [-0.2, 0) is 6.61 Å². The van der Waals surface area contributed by atoms with Crippen molar-refractivity contribution in [2.24, 2.45) is 0 Å². The van der Waals surface area contributed by atoms with Crippen LogP contribution >= 0.6 is 11.3 Å². The van der Waals surface area contributed by atoms with E-state index in [1.54, 1.807) is 5.38 Å². The summed E-state index contributed by atoms with van der Waals surface area (Å²) in [7, 11) is 0. The Labute approximate surface area is 150 Å². The molecule has 132 valence electrons. The Hall–Kier alpha value is -3.20. The van der Waals surface area contributed by atoms with E-state index < -0.39 is 10.7 Å². The van der Waals surface area contributed by atoms with E-state index >= 15 is 0 Å². The normalized spacial score (nSPS) is 12.2. The Kier molecular flexibility index (Phi) is 4.13. The minimum atomic E-state index is -0.617. The summed E-state index contributed by atoms with van der Waals surface area (Å²) in [6.45, 7) is 0.188. The second-order valence-corrected chi connectivity index (χ2v) is 6.23. The van der Waals surface area contributed by atoms with E-state index in [0.717, 1.165) is 28.8 Å². The van der Waals surface area contributed by atoms with Gasteiger partial charge in [0.15, 0.2) is 17.2 Å². The van der Waals surface area contributed by atoms with Gasteiger partial charge in [-0.1, -0.05) is 0 Å². The quantitative estimate of drug-likeness (QED) is 0.492. The molecule has 1 aliphatic heterocycles. The summed E-state index contributed by atoms with van der Waals surface area (Å²) >= 11 is 1.40. The molecule has 0 atom stereocenters. The minimum Gasteiger partial charge on any atom is -0.480 e. The van der Waals surface area contributed by atoms with Gasteiger partial charge in [0.1, 0.15) is 17.4 Å². The third-order valence-corrected chi connectivity index (χ3v) is 4.61. The number of ether oxygens (including phenoxy) is 3. The first kappa shape index (κ1) is 16.3. The van der Waals surface area contributed by atoms with Crippen molar-refractivity contribution in [3.8, 4) is 27.8 Å². The molecule has 26 heavy (non-hydrogen) atoms. The van der Waals surface area contributed by atoms with E-state index in [4.69, 9.17) is 14.2 Å². The number of nitrogens with zero attached hydrogens (tertiary/aromatic N) is 2. The van der Waals surface area contributed by atoms with Crippen LogP contribution in [0.15, 0.2) is 41.8 Å². The van der Waals surface area contributed by atoms with Gasteiger partial charge in [-0.15, -0.1) is 11.3 Å². The lowest BCUT2D eigenvalue weighted by atomic mass is 10.2. The molecular weight excluding hydrogens is 363 g/mol. The molecule has 4 rings (SSSR count). The van der Waals surface area contributed by atoms with Gasteiger partial charge in [0.2, 0.25) is 6.79 Å². The lowest BCUT2D eigenvalue weighted by Crippen LogP contribution is -2.00. The zero-order valence-corrected chi connectivity index (χ0v) is 14.0. The highest BCUT2D eigenvalue weighted by atomic mass is 32.1. The van der Waals surface area contributed by atoms with E-state index in [1.807, 2.05) is 18.2 Å². The van der Waals surface area contributed by atoms with Gasteiger partial charge in [-0.05, 0) is 24.3 Å². The van der Waals surface area contributed by atoms with E-state index in [0.29, 0.717) is 17.2 Å². The number of nitro benzene ring substituents is 1. The van der Waals surface area contributed by atoms with Gasteiger partial charge in [-0.2, -0.15) is 0 Å². The highest BCUT2D eigenvalue weighted by Gasteiger charge is 2.18. The van der Waals surface area contributed by atoms with Crippen molar-refractivity contribution < 1.29 is 23.5 Å². The van der Waals surface area contributed by atoms with Gasteiger partial charge < -0.3 is 14.2 Å². The van der Waals surface area contributed by atoms with E-state index in [1.165, 1.54) is 11.3 Å². The first-order chi connectivity index (χ1) is 12.6. The minimum absolute atomic E-state index is 0.00859. The Bertz CT molecular complexity index is 991. The molecule has 0 fully saturated rings. The Balaban J connectivity index is 1.51. The predicted octanol–water partition coefficient (Wildman–Crippen LogP) is 4.17. The first-order valence-corrected chi connectivity index (χ1v) is 8.39. The fourth-order valence-corrected chi connectivity index (χ4v) is 3.24. The number of thiazole rings is 1. The van der Waals surface area contributed by atoms with Gasteiger partial charge in [-0.25, -0.2) is 9.37 Å². The summed E-state index contributed by atoms with van der Waals surface area (Å²) in [4.78, 5) is 14.8. The Morgan fingerprint density at radius 2 is 2.08 bits per heavy atom. The second-order valence-electron chi connectivity index (χ2n) is 5.37. The molecule has 0 aliphatic carbocycles. The molecule has 0 N–H and O–H groups in total. The van der Waals surface area contributed by atoms with Crippen molar-refractivity contribution in [3.05, 3.63) is 63.4 Å². The van der Waals surface area contributed by atoms with Crippen molar-refractivity contribution in [1.82, 2.24) is 4.98 Å². The van der Waals surface area contributed by atoms with Gasteiger partial charge >= 0.3 is 5.69 Å². The summed E-state index contributed by atoms with van der Waals surface area (Å²) in [5.41, 5.74) is 1.15. The summed E-state index contributed by atoms with van der Waals surface area (Å²) in [5, 5.41) is 13.5. The lowest BCUT2D eigenvalue weighted by molar-refractivity contribution is -0.386. The topological polar surface area (TPSA) is 83.7 Å². The fourth-order valence-electron chi connectivity index (χ4n) is 2.44. The number of rotatable bonds is 5. The van der Waals surface area contributed by atoms with E-state index in [9.17, 15) is 14.5 Å². The summed E-state index contributed by atoms with van der Waals surface area (Å²) in [6, 6.07) is 8.60. The fraction of sp³-hybridized carbons (Fsp3) is 0.118. The molecule has 2 heterocycles. The molecule has 0 radical (unpaired) electrons. The van der Waals surface area contributed by atoms with Crippen LogP contribution in [0.5, 0.6) is 17.2 Å². The van der Waals surface area contributed by atoms with Crippen LogP contribution in [0.3, 0.4) is 0 Å². The molecule has 1 aromatic heterocycles. The van der Waals surface area contributed by atoms with Crippen LogP contribution in [0.2, 0.25) is 0 Å². The van der Waals surface area contributed by atoms with Crippen LogP contribution in [0, 0.1) is 15.9 Å². The number of fused-ring (bicyclic) bond motifs is 1. The zero-order valence-electron chi connectivity index (χ0n) is 13.2. The van der Waals surface area contributed by atoms with Crippen molar-refractivity contribution in [2.75, 3.05) is 6.79 Å². The highest BCUT2D eigenvalue weighted by Crippen LogP contribution is 2.37. The molecule has 0 saturated carbocycles. The summed E-state index contributed by atoms with van der Waals surface area (Å²) in [6.07, 6.45) is 0. The van der Waals surface area contributed by atoms with Gasteiger partial charge in [0, 0.05) is 23.1 Å². The molecule has 7 nitrogen and oxygen atoms in total. The van der Waals surface area contributed by atoms with Crippen LogP contribution in [0.4, 0.5) is 10.1 Å². The van der Waals surface area contributed by atoms with Crippen LogP contribution < -0.4 is 14.2 Å². The maximum atomic E-state index is 13.3. The zero-order chi connectivity index (χ0) is 18.1. The van der Waals surface area contributed by atoms with Crippen molar-refractivity contribution >= 4 is 17.0 Å². The highest BCUT2D eigenvalue weighted by molar-refractivity contribution is 7.13. The molecule has 0 unspecified atom stereocenters. The van der Waals surface area contributed by atoms with Gasteiger partial charge in [0.25, 0.3) is 0 Å². The molecule has 9 heteroatoms. The number of nitro groups is 1. The number of benzene rings is 2. The second kappa shape index (κ2) is 6.60. The van der Waals surface area contributed by atoms with Crippen LogP contribution in [0.1, 0.15) is 5.69 Å². The standard InChI is InChI=1S/C17H11FN2O5S/c18-11-2-3-13(20(21)22)15(6-11)23-7-12-8-26-17(19-12)10-1-4-14-16(5-10)25-9-24-14/h1-6,8H,7,9H2. The third-order valence-electron chi connectivity index (χ3n) is 3.67. The van der Waals surface area contributed by atoms with Crippen molar-refractivity contribution in [2.45, 2.75) is 6.61 Å². The molecule has 1 aliphatic rings. The smallest absolute Gasteiger partial charge is 0.311 e. The van der Waals surface area contributed by atoms with Crippen LogP contribution in [0.25, 0.3) is 10.6 Å².